The second-order valence-corrected chi connectivity index (χ2v) is 8.40. The van der Waals surface area contributed by atoms with E-state index in [2.05, 4.69) is 55.9 Å². The number of benzene rings is 1. The summed E-state index contributed by atoms with van der Waals surface area (Å²) in [5.74, 6) is 3.16. The average molecular weight is 409 g/mol. The third-order valence-electron chi connectivity index (χ3n) is 6.05. The molecular weight excluding hydrogens is 376 g/mol. The summed E-state index contributed by atoms with van der Waals surface area (Å²) in [7, 11) is 0. The number of aromatic nitrogens is 3. The van der Waals surface area contributed by atoms with Crippen LogP contribution in [0.15, 0.2) is 30.3 Å². The van der Waals surface area contributed by atoms with E-state index in [1.165, 1.54) is 5.56 Å². The Labute approximate surface area is 178 Å². The highest BCUT2D eigenvalue weighted by Crippen LogP contribution is 2.39. The topological polar surface area (TPSA) is 83.0 Å². The molecule has 4 rings (SSSR count). The fraction of sp³-hybridized carbons (Fsp3) is 0.565. The van der Waals surface area contributed by atoms with E-state index >= 15 is 0 Å². The van der Waals surface area contributed by atoms with Crippen LogP contribution < -0.4 is 10.6 Å². The molecule has 1 aromatic heterocycles. The standard InChI is InChI=1S/C23H32N6O/c1-3-29(4-2)20(30)15-24-22-26-21(18-10-11-18)27-23(28-22)25-19-13-17(14-19)12-16-8-6-5-7-9-16/h5-9,17-19H,3-4,10-15H2,1-2H3,(H2,24,25,26,27,28). The van der Waals surface area contributed by atoms with Crippen molar-refractivity contribution in [3.8, 4) is 0 Å². The number of likely N-dealkylation sites (N-methyl/N-ethyl adjacent to an activating group) is 1. The maximum Gasteiger partial charge on any atom is 0.241 e. The molecule has 0 spiro atoms. The molecule has 2 aromatic rings. The van der Waals surface area contributed by atoms with Gasteiger partial charge >= 0.3 is 0 Å². The van der Waals surface area contributed by atoms with Crippen LogP contribution >= 0.6 is 0 Å². The monoisotopic (exact) mass is 408 g/mol. The SMILES string of the molecule is CCN(CC)C(=O)CNc1nc(NC2CC(Cc3ccccc3)C2)nc(C2CC2)n1. The number of amides is 1. The van der Waals surface area contributed by atoms with Gasteiger partial charge in [-0.25, -0.2) is 0 Å². The van der Waals surface area contributed by atoms with Crippen LogP contribution in [-0.4, -0.2) is 51.4 Å². The first-order chi connectivity index (χ1) is 14.6. The van der Waals surface area contributed by atoms with Crippen molar-refractivity contribution in [3.05, 3.63) is 41.7 Å². The number of anilines is 2. The summed E-state index contributed by atoms with van der Waals surface area (Å²) in [5, 5.41) is 6.61. The first kappa shape index (κ1) is 20.6. The molecule has 0 unspecified atom stereocenters. The van der Waals surface area contributed by atoms with Crippen molar-refractivity contribution in [2.45, 2.75) is 57.9 Å². The van der Waals surface area contributed by atoms with Gasteiger partial charge in [0.1, 0.15) is 5.82 Å². The van der Waals surface area contributed by atoms with Gasteiger partial charge in [-0.2, -0.15) is 15.0 Å². The fourth-order valence-electron chi connectivity index (χ4n) is 4.05. The lowest BCUT2D eigenvalue weighted by atomic mass is 9.77. The van der Waals surface area contributed by atoms with Gasteiger partial charge in [-0.3, -0.25) is 4.79 Å². The number of carbonyl (C=O) groups is 1. The van der Waals surface area contributed by atoms with Crippen LogP contribution in [0.3, 0.4) is 0 Å². The molecule has 1 amide bonds. The van der Waals surface area contributed by atoms with Crippen LogP contribution in [0.5, 0.6) is 0 Å². The van der Waals surface area contributed by atoms with Gasteiger partial charge in [-0.05, 0) is 57.4 Å². The molecule has 2 aliphatic carbocycles. The minimum atomic E-state index is 0.0608. The Hall–Kier alpha value is -2.70. The Kier molecular flexibility index (Phi) is 6.45. The van der Waals surface area contributed by atoms with Crippen LogP contribution in [0.25, 0.3) is 0 Å². The third-order valence-corrected chi connectivity index (χ3v) is 6.05. The number of nitrogens with one attached hydrogen (secondary N) is 2. The third kappa shape index (κ3) is 5.26. The summed E-state index contributed by atoms with van der Waals surface area (Å²) in [5.41, 5.74) is 1.40. The predicted molar refractivity (Wildman–Crippen MR) is 119 cm³/mol. The Bertz CT molecular complexity index is 844. The largest absolute Gasteiger partial charge is 0.351 e. The number of hydrogen-bond donors (Lipinski definition) is 2. The van der Waals surface area contributed by atoms with Crippen LogP contribution in [0, 0.1) is 5.92 Å². The molecule has 1 aromatic carbocycles. The van der Waals surface area contributed by atoms with Crippen molar-refractivity contribution in [2.75, 3.05) is 30.3 Å². The minimum Gasteiger partial charge on any atom is -0.351 e. The van der Waals surface area contributed by atoms with Crippen LogP contribution in [-0.2, 0) is 11.2 Å². The van der Waals surface area contributed by atoms with Gasteiger partial charge in [-0.15, -0.1) is 0 Å². The van der Waals surface area contributed by atoms with E-state index in [1.54, 1.807) is 4.90 Å². The van der Waals surface area contributed by atoms with Gasteiger partial charge in [0, 0.05) is 25.0 Å². The van der Waals surface area contributed by atoms with E-state index in [0.717, 1.165) is 37.9 Å². The normalized spacial score (nSPS) is 20.3. The Balaban J connectivity index is 1.33. The molecule has 7 heteroatoms. The maximum absolute atomic E-state index is 12.3. The highest BCUT2D eigenvalue weighted by atomic mass is 16.2. The highest BCUT2D eigenvalue weighted by Gasteiger charge is 2.31. The lowest BCUT2D eigenvalue weighted by Crippen LogP contribution is -2.37. The summed E-state index contributed by atoms with van der Waals surface area (Å²) in [6.07, 6.45) is 5.64. The summed E-state index contributed by atoms with van der Waals surface area (Å²) in [6.45, 7) is 5.60. The zero-order chi connectivity index (χ0) is 20.9. The average Bonchev–Trinajstić information content (AvgIpc) is 3.58. The van der Waals surface area contributed by atoms with Gasteiger partial charge in [0.25, 0.3) is 0 Å². The van der Waals surface area contributed by atoms with Gasteiger partial charge in [0.15, 0.2) is 0 Å². The second kappa shape index (κ2) is 9.41. The van der Waals surface area contributed by atoms with Gasteiger partial charge in [0.05, 0.1) is 6.54 Å². The van der Waals surface area contributed by atoms with Crippen molar-refractivity contribution >= 4 is 17.8 Å². The van der Waals surface area contributed by atoms with Crippen molar-refractivity contribution in [3.63, 3.8) is 0 Å². The summed E-state index contributed by atoms with van der Waals surface area (Å²) >= 11 is 0. The number of carbonyl (C=O) groups excluding carboxylic acids is 1. The Morgan fingerprint density at radius 1 is 1.03 bits per heavy atom. The van der Waals surface area contributed by atoms with E-state index in [9.17, 15) is 4.79 Å². The molecule has 0 radical (unpaired) electrons. The van der Waals surface area contributed by atoms with E-state index in [-0.39, 0.29) is 12.5 Å². The molecule has 2 aliphatic rings. The van der Waals surface area contributed by atoms with Crippen molar-refractivity contribution in [2.24, 2.45) is 5.92 Å². The number of hydrogen-bond acceptors (Lipinski definition) is 6. The predicted octanol–water partition coefficient (Wildman–Crippen LogP) is 3.46. The van der Waals surface area contributed by atoms with E-state index < -0.39 is 0 Å². The van der Waals surface area contributed by atoms with Crippen molar-refractivity contribution < 1.29 is 4.79 Å². The molecule has 2 saturated carbocycles. The minimum absolute atomic E-state index is 0.0608. The summed E-state index contributed by atoms with van der Waals surface area (Å²) in [6, 6.07) is 11.1. The summed E-state index contributed by atoms with van der Waals surface area (Å²) < 4.78 is 0. The van der Waals surface area contributed by atoms with Crippen LogP contribution in [0.1, 0.15) is 56.8 Å². The second-order valence-electron chi connectivity index (χ2n) is 8.40. The quantitative estimate of drug-likeness (QED) is 0.626. The molecule has 1 heterocycles. The molecule has 7 nitrogen and oxygen atoms in total. The Morgan fingerprint density at radius 2 is 1.73 bits per heavy atom. The molecule has 2 fully saturated rings. The molecule has 0 aliphatic heterocycles. The van der Waals surface area contributed by atoms with Crippen LogP contribution in [0.4, 0.5) is 11.9 Å². The van der Waals surface area contributed by atoms with E-state index in [4.69, 9.17) is 0 Å². The first-order valence-electron chi connectivity index (χ1n) is 11.2. The van der Waals surface area contributed by atoms with Crippen molar-refractivity contribution in [1.29, 1.82) is 0 Å². The van der Waals surface area contributed by atoms with E-state index in [0.29, 0.717) is 42.9 Å². The zero-order valence-electron chi connectivity index (χ0n) is 18.0. The van der Waals surface area contributed by atoms with Gasteiger partial charge in [0.2, 0.25) is 17.8 Å². The number of nitrogens with zero attached hydrogens (tertiary/aromatic N) is 4. The first-order valence-corrected chi connectivity index (χ1v) is 11.2. The molecule has 30 heavy (non-hydrogen) atoms. The lowest BCUT2D eigenvalue weighted by molar-refractivity contribution is -0.128. The molecule has 0 saturated heterocycles. The lowest BCUT2D eigenvalue weighted by Gasteiger charge is -2.36. The zero-order valence-corrected chi connectivity index (χ0v) is 18.0. The van der Waals surface area contributed by atoms with Gasteiger partial charge < -0.3 is 15.5 Å². The van der Waals surface area contributed by atoms with Gasteiger partial charge in [-0.1, -0.05) is 30.3 Å². The molecular formula is C23H32N6O. The molecule has 0 atom stereocenters. The van der Waals surface area contributed by atoms with Crippen LogP contribution in [0.2, 0.25) is 0 Å². The Morgan fingerprint density at radius 3 is 2.40 bits per heavy atom. The summed E-state index contributed by atoms with van der Waals surface area (Å²) in [4.78, 5) is 27.8. The molecule has 2 N–H and O–H groups in total. The van der Waals surface area contributed by atoms with E-state index in [1.807, 2.05) is 13.8 Å². The number of rotatable bonds is 10. The molecule has 0 bridgehead atoms. The molecule has 160 valence electrons. The smallest absolute Gasteiger partial charge is 0.241 e. The highest BCUT2D eigenvalue weighted by molar-refractivity contribution is 5.80. The maximum atomic E-state index is 12.3. The fourth-order valence-corrected chi connectivity index (χ4v) is 4.05. The van der Waals surface area contributed by atoms with Crippen molar-refractivity contribution in [1.82, 2.24) is 19.9 Å².